The summed E-state index contributed by atoms with van der Waals surface area (Å²) in [6, 6.07) is 0. The fourth-order valence-corrected chi connectivity index (χ4v) is 2.55. The van der Waals surface area contributed by atoms with E-state index in [0.717, 1.165) is 0 Å². The Bertz CT molecular complexity index is 198. The van der Waals surface area contributed by atoms with Gasteiger partial charge in [0.25, 0.3) is 0 Å². The zero-order valence-electron chi connectivity index (χ0n) is 5.84. The van der Waals surface area contributed by atoms with E-state index in [9.17, 15) is 8.42 Å². The SMILES string of the molecule is [CH2]CC1CNCCS1(=O)=O. The van der Waals surface area contributed by atoms with Crippen LogP contribution < -0.4 is 5.32 Å². The predicted molar refractivity (Wildman–Crippen MR) is 40.4 cm³/mol. The molecule has 0 saturated carbocycles. The molecule has 1 aliphatic heterocycles. The smallest absolute Gasteiger partial charge is 0.155 e. The van der Waals surface area contributed by atoms with Gasteiger partial charge in [-0.3, -0.25) is 0 Å². The molecule has 0 amide bonds. The minimum Gasteiger partial charge on any atom is -0.314 e. The van der Waals surface area contributed by atoms with Crippen LogP contribution in [-0.2, 0) is 9.84 Å². The van der Waals surface area contributed by atoms with Crippen molar-refractivity contribution in [3.63, 3.8) is 0 Å². The number of nitrogens with one attached hydrogen (secondary N) is 1. The van der Waals surface area contributed by atoms with Crippen LogP contribution in [-0.4, -0.2) is 32.5 Å². The predicted octanol–water partition coefficient (Wildman–Crippen LogP) is -0.403. The van der Waals surface area contributed by atoms with Crippen molar-refractivity contribution in [1.82, 2.24) is 5.32 Å². The van der Waals surface area contributed by atoms with Gasteiger partial charge in [0, 0.05) is 13.1 Å². The molecular formula is C6H12NO2S. The molecule has 59 valence electrons. The van der Waals surface area contributed by atoms with Gasteiger partial charge in [0.15, 0.2) is 9.84 Å². The Kier molecular flexibility index (Phi) is 2.31. The van der Waals surface area contributed by atoms with Gasteiger partial charge in [-0.15, -0.1) is 0 Å². The Morgan fingerprint density at radius 3 is 2.70 bits per heavy atom. The van der Waals surface area contributed by atoms with Crippen LogP contribution in [0.3, 0.4) is 0 Å². The standard InChI is InChI=1S/C6H12NO2S/c1-2-6-5-7-3-4-10(6,8)9/h6-7H,1-5H2. The maximum absolute atomic E-state index is 11.1. The molecular weight excluding hydrogens is 150 g/mol. The third kappa shape index (κ3) is 1.49. The maximum Gasteiger partial charge on any atom is 0.155 e. The van der Waals surface area contributed by atoms with Crippen molar-refractivity contribution in [2.45, 2.75) is 11.7 Å². The third-order valence-electron chi connectivity index (χ3n) is 1.77. The second-order valence-electron chi connectivity index (χ2n) is 2.48. The lowest BCUT2D eigenvalue weighted by Gasteiger charge is -2.21. The Balaban J connectivity index is 2.70. The molecule has 3 nitrogen and oxygen atoms in total. The van der Waals surface area contributed by atoms with Crippen molar-refractivity contribution >= 4 is 9.84 Å². The zero-order valence-corrected chi connectivity index (χ0v) is 6.65. The van der Waals surface area contributed by atoms with Crippen LogP contribution in [0, 0.1) is 6.92 Å². The highest BCUT2D eigenvalue weighted by Crippen LogP contribution is 2.08. The lowest BCUT2D eigenvalue weighted by molar-refractivity contribution is 0.546. The lowest BCUT2D eigenvalue weighted by atomic mass is 10.3. The molecule has 0 bridgehead atoms. The Labute approximate surface area is 61.7 Å². The van der Waals surface area contributed by atoms with Gasteiger partial charge in [-0.1, -0.05) is 6.92 Å². The van der Waals surface area contributed by atoms with Crippen LogP contribution >= 0.6 is 0 Å². The number of hydrogen-bond acceptors (Lipinski definition) is 3. The summed E-state index contributed by atoms with van der Waals surface area (Å²) in [5, 5.41) is 2.77. The molecule has 0 aromatic rings. The summed E-state index contributed by atoms with van der Waals surface area (Å²) < 4.78 is 22.3. The van der Waals surface area contributed by atoms with Gasteiger partial charge in [-0.2, -0.15) is 0 Å². The van der Waals surface area contributed by atoms with Crippen LogP contribution in [0.2, 0.25) is 0 Å². The van der Waals surface area contributed by atoms with Crippen molar-refractivity contribution in [1.29, 1.82) is 0 Å². The molecule has 1 rings (SSSR count). The van der Waals surface area contributed by atoms with E-state index in [1.54, 1.807) is 0 Å². The summed E-state index contributed by atoms with van der Waals surface area (Å²) in [4.78, 5) is 0. The second-order valence-corrected chi connectivity index (χ2v) is 4.88. The molecule has 4 heteroatoms. The molecule has 0 aromatic carbocycles. The van der Waals surface area contributed by atoms with Crippen molar-refractivity contribution in [3.05, 3.63) is 6.92 Å². The second kappa shape index (κ2) is 2.88. The molecule has 10 heavy (non-hydrogen) atoms. The van der Waals surface area contributed by atoms with E-state index in [-0.39, 0.29) is 11.0 Å². The number of rotatable bonds is 1. The molecule has 1 N–H and O–H groups in total. The molecule has 1 saturated heterocycles. The molecule has 0 aromatic heterocycles. The van der Waals surface area contributed by atoms with Gasteiger partial charge < -0.3 is 5.32 Å². The van der Waals surface area contributed by atoms with Crippen LogP contribution in [0.4, 0.5) is 0 Å². The van der Waals surface area contributed by atoms with E-state index >= 15 is 0 Å². The third-order valence-corrected chi connectivity index (χ3v) is 3.96. The molecule has 0 spiro atoms. The lowest BCUT2D eigenvalue weighted by Crippen LogP contribution is -2.43. The Morgan fingerprint density at radius 1 is 1.60 bits per heavy atom. The molecule has 1 heterocycles. The summed E-state index contributed by atoms with van der Waals surface area (Å²) >= 11 is 0. The normalized spacial score (nSPS) is 31.9. The van der Waals surface area contributed by atoms with Gasteiger partial charge in [-0.05, 0) is 6.42 Å². The fraction of sp³-hybridized carbons (Fsp3) is 0.833. The summed E-state index contributed by atoms with van der Waals surface area (Å²) in [6.45, 7) is 4.76. The fourth-order valence-electron chi connectivity index (χ4n) is 1.05. The van der Waals surface area contributed by atoms with E-state index in [2.05, 4.69) is 12.2 Å². The van der Waals surface area contributed by atoms with Crippen molar-refractivity contribution in [2.75, 3.05) is 18.8 Å². The highest BCUT2D eigenvalue weighted by atomic mass is 32.2. The van der Waals surface area contributed by atoms with E-state index in [0.29, 0.717) is 19.5 Å². The molecule has 1 unspecified atom stereocenters. The first-order valence-electron chi connectivity index (χ1n) is 3.38. The highest BCUT2D eigenvalue weighted by molar-refractivity contribution is 7.92. The molecule has 1 fully saturated rings. The summed E-state index contributed by atoms with van der Waals surface area (Å²) in [5.74, 6) is 0.271. The largest absolute Gasteiger partial charge is 0.314 e. The van der Waals surface area contributed by atoms with Gasteiger partial charge in [-0.25, -0.2) is 8.42 Å². The first-order valence-corrected chi connectivity index (χ1v) is 5.10. The topological polar surface area (TPSA) is 46.2 Å². The Morgan fingerprint density at radius 2 is 2.30 bits per heavy atom. The van der Waals surface area contributed by atoms with Crippen LogP contribution in [0.25, 0.3) is 0 Å². The average Bonchev–Trinajstić information content (AvgIpc) is 1.87. The summed E-state index contributed by atoms with van der Waals surface area (Å²) in [6.07, 6.45) is 0.481. The van der Waals surface area contributed by atoms with Crippen LogP contribution in [0.1, 0.15) is 6.42 Å². The van der Waals surface area contributed by atoms with E-state index in [1.165, 1.54) is 0 Å². The average molecular weight is 162 g/mol. The van der Waals surface area contributed by atoms with Gasteiger partial charge >= 0.3 is 0 Å². The Hall–Kier alpha value is -0.0900. The monoisotopic (exact) mass is 162 g/mol. The molecule has 1 aliphatic rings. The van der Waals surface area contributed by atoms with Gasteiger partial charge in [0.2, 0.25) is 0 Å². The summed E-state index contributed by atoms with van der Waals surface area (Å²) in [7, 11) is -2.80. The van der Waals surface area contributed by atoms with Gasteiger partial charge in [0.05, 0.1) is 11.0 Å². The first kappa shape index (κ1) is 8.01. The molecule has 0 aliphatic carbocycles. The quantitative estimate of drug-likeness (QED) is 0.570. The van der Waals surface area contributed by atoms with Crippen LogP contribution in [0.15, 0.2) is 0 Å². The van der Waals surface area contributed by atoms with E-state index in [4.69, 9.17) is 0 Å². The summed E-state index contributed by atoms with van der Waals surface area (Å²) in [5.41, 5.74) is 0. The number of sulfone groups is 1. The first-order chi connectivity index (χ1) is 4.67. The number of hydrogen-bond donors (Lipinski definition) is 1. The molecule has 1 radical (unpaired) electrons. The van der Waals surface area contributed by atoms with Gasteiger partial charge in [0.1, 0.15) is 0 Å². The van der Waals surface area contributed by atoms with Crippen molar-refractivity contribution in [2.24, 2.45) is 0 Å². The van der Waals surface area contributed by atoms with Crippen molar-refractivity contribution < 1.29 is 8.42 Å². The van der Waals surface area contributed by atoms with Crippen LogP contribution in [0.5, 0.6) is 0 Å². The zero-order chi connectivity index (χ0) is 7.61. The van der Waals surface area contributed by atoms with E-state index < -0.39 is 9.84 Å². The van der Waals surface area contributed by atoms with E-state index in [1.807, 2.05) is 0 Å². The highest BCUT2D eigenvalue weighted by Gasteiger charge is 2.26. The molecule has 1 atom stereocenters. The van der Waals surface area contributed by atoms with Crippen molar-refractivity contribution in [3.8, 4) is 0 Å². The maximum atomic E-state index is 11.1. The minimum atomic E-state index is -2.80. The minimum absolute atomic E-state index is 0.249.